The lowest BCUT2D eigenvalue weighted by molar-refractivity contribution is 0.684. The van der Waals surface area contributed by atoms with Crippen LogP contribution in [0.1, 0.15) is 12.5 Å². The molecule has 3 rings (SSSR count). The average molecular weight is 256 g/mol. The van der Waals surface area contributed by atoms with E-state index in [1.54, 1.807) is 20.0 Å². The predicted molar refractivity (Wildman–Crippen MR) is 74.2 cm³/mol. The smallest absolute Gasteiger partial charge is 0.292 e. The molecule has 0 N–H and O–H groups in total. The van der Waals surface area contributed by atoms with Crippen LogP contribution < -0.4 is 5.69 Å². The van der Waals surface area contributed by atoms with Crippen molar-refractivity contribution in [2.45, 2.75) is 20.0 Å². The molecule has 5 nitrogen and oxygen atoms in total. The Morgan fingerprint density at radius 2 is 1.84 bits per heavy atom. The molecule has 0 amide bonds. The molecule has 0 bridgehead atoms. The zero-order chi connectivity index (χ0) is 13.4. The second-order valence-corrected chi connectivity index (χ2v) is 4.62. The Bertz CT molecular complexity index is 778. The maximum atomic E-state index is 12.4. The molecule has 2 aromatic heterocycles. The lowest BCUT2D eigenvalue weighted by Gasteiger charge is -2.00. The van der Waals surface area contributed by atoms with E-state index in [4.69, 9.17) is 0 Å². The molecule has 2 heterocycles. The number of hydrogen-bond acceptors (Lipinski definition) is 2. The highest BCUT2D eigenvalue weighted by Gasteiger charge is 2.12. The molecule has 0 saturated carbocycles. The zero-order valence-corrected chi connectivity index (χ0v) is 11.1. The van der Waals surface area contributed by atoms with E-state index in [2.05, 4.69) is 5.10 Å². The first-order chi connectivity index (χ1) is 9.20. The maximum absolute atomic E-state index is 12.4. The molecule has 0 aliphatic heterocycles. The standard InChI is InChI=1S/C14H16N4O/c1-3-17-12-6-4-5-7-13(12)18(14(17)19)10-11-8-15-16(2)9-11/h4-9H,3,10H2,1-2H3. The van der Waals surface area contributed by atoms with Gasteiger partial charge in [-0.05, 0) is 19.1 Å². The van der Waals surface area contributed by atoms with Gasteiger partial charge in [0.05, 0.1) is 23.8 Å². The number of hydrogen-bond donors (Lipinski definition) is 0. The minimum absolute atomic E-state index is 0.0348. The van der Waals surface area contributed by atoms with Gasteiger partial charge in [-0.25, -0.2) is 4.79 Å². The first-order valence-corrected chi connectivity index (χ1v) is 6.36. The van der Waals surface area contributed by atoms with E-state index in [0.29, 0.717) is 13.1 Å². The number of aromatic nitrogens is 4. The molecule has 0 spiro atoms. The molecule has 0 aliphatic rings. The Morgan fingerprint density at radius 1 is 1.16 bits per heavy atom. The van der Waals surface area contributed by atoms with E-state index in [0.717, 1.165) is 16.6 Å². The van der Waals surface area contributed by atoms with E-state index in [9.17, 15) is 4.79 Å². The minimum atomic E-state index is 0.0348. The Hall–Kier alpha value is -2.30. The largest absolute Gasteiger partial charge is 0.329 e. The van der Waals surface area contributed by atoms with Crippen molar-refractivity contribution in [2.75, 3.05) is 0 Å². The van der Waals surface area contributed by atoms with Gasteiger partial charge >= 0.3 is 5.69 Å². The number of imidazole rings is 1. The summed E-state index contributed by atoms with van der Waals surface area (Å²) in [6.45, 7) is 3.22. The summed E-state index contributed by atoms with van der Waals surface area (Å²) >= 11 is 0. The summed E-state index contributed by atoms with van der Waals surface area (Å²) in [6.07, 6.45) is 3.73. The Kier molecular flexibility index (Phi) is 2.74. The van der Waals surface area contributed by atoms with Crippen molar-refractivity contribution in [1.82, 2.24) is 18.9 Å². The summed E-state index contributed by atoms with van der Waals surface area (Å²) in [7, 11) is 1.88. The van der Waals surface area contributed by atoms with Crippen LogP contribution in [0.3, 0.4) is 0 Å². The predicted octanol–water partition coefficient (Wildman–Crippen LogP) is 1.60. The van der Waals surface area contributed by atoms with Gasteiger partial charge in [-0.3, -0.25) is 13.8 Å². The van der Waals surface area contributed by atoms with E-state index in [1.165, 1.54) is 0 Å². The molecular weight excluding hydrogens is 240 g/mol. The van der Waals surface area contributed by atoms with E-state index in [-0.39, 0.29) is 5.69 Å². The normalized spacial score (nSPS) is 11.3. The monoisotopic (exact) mass is 256 g/mol. The van der Waals surface area contributed by atoms with Crippen molar-refractivity contribution in [3.63, 3.8) is 0 Å². The molecule has 0 atom stereocenters. The van der Waals surface area contributed by atoms with Crippen LogP contribution in [0, 0.1) is 0 Å². The fraction of sp³-hybridized carbons (Fsp3) is 0.286. The minimum Gasteiger partial charge on any atom is -0.292 e. The maximum Gasteiger partial charge on any atom is 0.329 e. The van der Waals surface area contributed by atoms with Crippen LogP contribution in [-0.4, -0.2) is 18.9 Å². The van der Waals surface area contributed by atoms with Gasteiger partial charge in [0.15, 0.2) is 0 Å². The summed E-state index contributed by atoms with van der Waals surface area (Å²) in [6, 6.07) is 7.89. The molecule has 98 valence electrons. The van der Waals surface area contributed by atoms with Crippen molar-refractivity contribution in [2.24, 2.45) is 7.05 Å². The molecule has 0 aliphatic carbocycles. The highest BCUT2D eigenvalue weighted by molar-refractivity contribution is 5.76. The molecule has 0 unspecified atom stereocenters. The Labute approximate surface area is 110 Å². The van der Waals surface area contributed by atoms with Crippen molar-refractivity contribution in [1.29, 1.82) is 0 Å². The highest BCUT2D eigenvalue weighted by Crippen LogP contribution is 2.14. The van der Waals surface area contributed by atoms with E-state index in [1.807, 2.05) is 44.4 Å². The van der Waals surface area contributed by atoms with Crippen molar-refractivity contribution >= 4 is 11.0 Å². The fourth-order valence-electron chi connectivity index (χ4n) is 2.47. The summed E-state index contributed by atoms with van der Waals surface area (Å²) in [5, 5.41) is 4.14. The van der Waals surface area contributed by atoms with Gasteiger partial charge in [0.25, 0.3) is 0 Å². The first kappa shape index (κ1) is 11.8. The Morgan fingerprint density at radius 3 is 2.42 bits per heavy atom. The second-order valence-electron chi connectivity index (χ2n) is 4.62. The quantitative estimate of drug-likeness (QED) is 0.714. The number of fused-ring (bicyclic) bond motifs is 1. The number of rotatable bonds is 3. The molecule has 0 saturated heterocycles. The third-order valence-electron chi connectivity index (χ3n) is 3.34. The summed E-state index contributed by atoms with van der Waals surface area (Å²) in [5.41, 5.74) is 3.02. The van der Waals surface area contributed by atoms with Crippen LogP contribution in [0.5, 0.6) is 0 Å². The zero-order valence-electron chi connectivity index (χ0n) is 11.1. The van der Waals surface area contributed by atoms with Gasteiger partial charge in [0, 0.05) is 25.4 Å². The SMILES string of the molecule is CCn1c(=O)n(Cc2cnn(C)c2)c2ccccc21. The summed E-state index contributed by atoms with van der Waals surface area (Å²) in [4.78, 5) is 12.4. The van der Waals surface area contributed by atoms with E-state index < -0.39 is 0 Å². The van der Waals surface area contributed by atoms with Crippen LogP contribution in [-0.2, 0) is 20.1 Å². The number of para-hydroxylation sites is 2. The summed E-state index contributed by atoms with van der Waals surface area (Å²) in [5.74, 6) is 0. The van der Waals surface area contributed by atoms with Crippen LogP contribution in [0.25, 0.3) is 11.0 Å². The second kappa shape index (κ2) is 4.42. The third kappa shape index (κ3) is 1.87. The third-order valence-corrected chi connectivity index (χ3v) is 3.34. The van der Waals surface area contributed by atoms with Crippen LogP contribution >= 0.6 is 0 Å². The molecule has 3 aromatic rings. The summed E-state index contributed by atoms with van der Waals surface area (Å²) < 4.78 is 5.35. The molecule has 0 fully saturated rings. The lowest BCUT2D eigenvalue weighted by atomic mass is 10.3. The van der Waals surface area contributed by atoms with Gasteiger partial charge in [-0.1, -0.05) is 12.1 Å². The van der Waals surface area contributed by atoms with E-state index >= 15 is 0 Å². The molecule has 19 heavy (non-hydrogen) atoms. The van der Waals surface area contributed by atoms with Crippen molar-refractivity contribution < 1.29 is 0 Å². The van der Waals surface area contributed by atoms with Gasteiger partial charge in [0.2, 0.25) is 0 Å². The lowest BCUT2D eigenvalue weighted by Crippen LogP contribution is -2.24. The van der Waals surface area contributed by atoms with Crippen LogP contribution in [0.15, 0.2) is 41.5 Å². The average Bonchev–Trinajstić information content (AvgIpc) is 2.93. The van der Waals surface area contributed by atoms with Crippen molar-refractivity contribution in [3.8, 4) is 0 Å². The van der Waals surface area contributed by atoms with Gasteiger partial charge in [-0.15, -0.1) is 0 Å². The van der Waals surface area contributed by atoms with Crippen LogP contribution in [0.2, 0.25) is 0 Å². The van der Waals surface area contributed by atoms with Crippen LogP contribution in [0.4, 0.5) is 0 Å². The van der Waals surface area contributed by atoms with Gasteiger partial charge in [0.1, 0.15) is 0 Å². The molecule has 1 aromatic carbocycles. The Balaban J connectivity index is 2.18. The number of aryl methyl sites for hydroxylation is 2. The van der Waals surface area contributed by atoms with Gasteiger partial charge < -0.3 is 0 Å². The van der Waals surface area contributed by atoms with Crippen molar-refractivity contribution in [3.05, 3.63) is 52.7 Å². The number of nitrogens with zero attached hydrogens (tertiary/aromatic N) is 4. The fourth-order valence-corrected chi connectivity index (χ4v) is 2.47. The molecule has 5 heteroatoms. The molecular formula is C14H16N4O. The molecule has 0 radical (unpaired) electrons. The first-order valence-electron chi connectivity index (χ1n) is 6.36. The highest BCUT2D eigenvalue weighted by atomic mass is 16.1. The number of benzene rings is 1. The topological polar surface area (TPSA) is 44.8 Å². The van der Waals surface area contributed by atoms with Gasteiger partial charge in [-0.2, -0.15) is 5.10 Å².